The molecule has 1 aliphatic carbocycles. The second-order valence-electron chi connectivity index (χ2n) is 7.10. The van der Waals surface area contributed by atoms with Gasteiger partial charge in [-0.3, -0.25) is 0 Å². The van der Waals surface area contributed by atoms with Gasteiger partial charge in [0.25, 0.3) is 0 Å². The van der Waals surface area contributed by atoms with Crippen LogP contribution in [0.2, 0.25) is 0 Å². The molecule has 0 radical (unpaired) electrons. The molecule has 4 rings (SSSR count). The highest BCUT2D eigenvalue weighted by Crippen LogP contribution is 2.46. The van der Waals surface area contributed by atoms with Crippen molar-refractivity contribution in [2.24, 2.45) is 0 Å². The SMILES string of the molecule is CC1(S(=O)(=O)[O-])CCCc2c(-c3ccccc3)cc(-c3ccccc3)[o+]c21. The van der Waals surface area contributed by atoms with Gasteiger partial charge >= 0.3 is 11.5 Å². The summed E-state index contributed by atoms with van der Waals surface area (Å²) in [5.74, 6) is 0.842. The van der Waals surface area contributed by atoms with E-state index in [1.165, 1.54) is 6.92 Å². The average Bonchev–Trinajstić information content (AvgIpc) is 2.68. The first-order valence-corrected chi connectivity index (χ1v) is 10.4. The first-order valence-electron chi connectivity index (χ1n) is 8.97. The number of hydrogen-bond donors (Lipinski definition) is 0. The first-order chi connectivity index (χ1) is 12.9. The third kappa shape index (κ3) is 3.07. The van der Waals surface area contributed by atoms with Gasteiger partial charge in [-0.15, -0.1) is 0 Å². The van der Waals surface area contributed by atoms with Crippen LogP contribution in [0.4, 0.5) is 0 Å². The maximum atomic E-state index is 12.2. The van der Waals surface area contributed by atoms with Crippen LogP contribution in [0.3, 0.4) is 0 Å². The fraction of sp³-hybridized carbons (Fsp3) is 0.227. The summed E-state index contributed by atoms with van der Waals surface area (Å²) in [6, 6.07) is 21.3. The van der Waals surface area contributed by atoms with Crippen molar-refractivity contribution in [3.63, 3.8) is 0 Å². The van der Waals surface area contributed by atoms with Crippen LogP contribution in [-0.4, -0.2) is 13.0 Å². The van der Waals surface area contributed by atoms with Gasteiger partial charge in [0.05, 0.1) is 17.2 Å². The minimum Gasteiger partial charge on any atom is -0.747 e. The molecule has 0 aliphatic heterocycles. The normalized spacial score (nSPS) is 19.5. The molecule has 1 atom stereocenters. The molecule has 0 N–H and O–H groups in total. The summed E-state index contributed by atoms with van der Waals surface area (Å²) in [6.45, 7) is 1.49. The molecule has 138 valence electrons. The molecule has 4 nitrogen and oxygen atoms in total. The van der Waals surface area contributed by atoms with Crippen molar-refractivity contribution >= 4 is 10.1 Å². The van der Waals surface area contributed by atoms with E-state index >= 15 is 0 Å². The molecule has 1 aromatic heterocycles. The lowest BCUT2D eigenvalue weighted by atomic mass is 9.83. The molecule has 2 aromatic carbocycles. The van der Waals surface area contributed by atoms with Crippen molar-refractivity contribution in [2.75, 3.05) is 0 Å². The first kappa shape index (κ1) is 17.9. The van der Waals surface area contributed by atoms with Crippen LogP contribution in [0.25, 0.3) is 22.5 Å². The van der Waals surface area contributed by atoms with E-state index in [0.717, 1.165) is 22.3 Å². The van der Waals surface area contributed by atoms with Gasteiger partial charge in [0.2, 0.25) is 0 Å². The molecule has 3 aromatic rings. The van der Waals surface area contributed by atoms with Crippen molar-refractivity contribution in [1.82, 2.24) is 0 Å². The maximum absolute atomic E-state index is 12.2. The Kier molecular flexibility index (Phi) is 4.36. The summed E-state index contributed by atoms with van der Waals surface area (Å²) in [5, 5.41) is 0. The van der Waals surface area contributed by atoms with Crippen molar-refractivity contribution < 1.29 is 17.4 Å². The Hall–Kier alpha value is -2.50. The predicted molar refractivity (Wildman–Crippen MR) is 104 cm³/mol. The molecular weight excluding hydrogens is 360 g/mol. The van der Waals surface area contributed by atoms with E-state index in [9.17, 15) is 13.0 Å². The van der Waals surface area contributed by atoms with E-state index < -0.39 is 14.9 Å². The lowest BCUT2D eigenvalue weighted by Gasteiger charge is -2.31. The van der Waals surface area contributed by atoms with Crippen LogP contribution < -0.4 is 0 Å². The second-order valence-corrected chi connectivity index (χ2v) is 8.91. The van der Waals surface area contributed by atoms with E-state index in [2.05, 4.69) is 0 Å². The summed E-state index contributed by atoms with van der Waals surface area (Å²) < 4.78 is 41.0. The van der Waals surface area contributed by atoms with Crippen LogP contribution in [0.15, 0.2) is 71.1 Å². The molecule has 1 heterocycles. The fourth-order valence-electron chi connectivity index (χ4n) is 3.79. The van der Waals surface area contributed by atoms with Gasteiger partial charge in [0.1, 0.15) is 10.1 Å². The topological polar surface area (TPSA) is 68.5 Å². The van der Waals surface area contributed by atoms with E-state index in [0.29, 0.717) is 18.6 Å². The number of hydrogen-bond acceptors (Lipinski definition) is 3. The maximum Gasteiger partial charge on any atom is 0.360 e. The zero-order valence-electron chi connectivity index (χ0n) is 15.0. The Morgan fingerprint density at radius 2 is 1.56 bits per heavy atom. The Balaban J connectivity index is 2.05. The third-order valence-electron chi connectivity index (χ3n) is 5.34. The zero-order chi connectivity index (χ0) is 19.1. The Labute approximate surface area is 159 Å². The summed E-state index contributed by atoms with van der Waals surface area (Å²) in [7, 11) is -4.58. The van der Waals surface area contributed by atoms with E-state index in [4.69, 9.17) is 4.42 Å². The molecule has 1 unspecified atom stereocenters. The van der Waals surface area contributed by atoms with Gasteiger partial charge in [-0.05, 0) is 43.9 Å². The van der Waals surface area contributed by atoms with E-state index in [-0.39, 0.29) is 12.2 Å². The van der Waals surface area contributed by atoms with Crippen LogP contribution in [0, 0.1) is 0 Å². The fourth-order valence-corrected chi connectivity index (χ4v) is 4.58. The Morgan fingerprint density at radius 3 is 2.15 bits per heavy atom. The highest BCUT2D eigenvalue weighted by Gasteiger charge is 2.49. The van der Waals surface area contributed by atoms with Gasteiger partial charge < -0.3 is 4.55 Å². The van der Waals surface area contributed by atoms with Crippen LogP contribution in [-0.2, 0) is 21.3 Å². The Morgan fingerprint density at radius 1 is 0.963 bits per heavy atom. The van der Waals surface area contributed by atoms with Crippen molar-refractivity contribution in [3.8, 4) is 22.5 Å². The van der Waals surface area contributed by atoms with E-state index in [1.807, 2.05) is 66.7 Å². The highest BCUT2D eigenvalue weighted by atomic mass is 32.2. The molecule has 0 saturated carbocycles. The molecule has 0 fully saturated rings. The molecule has 0 spiro atoms. The van der Waals surface area contributed by atoms with Gasteiger partial charge in [0, 0.05) is 5.56 Å². The lowest BCUT2D eigenvalue weighted by molar-refractivity contribution is 0.341. The summed E-state index contributed by atoms with van der Waals surface area (Å²) in [6.07, 6.45) is 1.58. The Bertz CT molecular complexity index is 1080. The molecule has 0 saturated heterocycles. The minimum atomic E-state index is -4.58. The standard InChI is InChI=1S/C22H20O4S/c1-22(27(23,24)25)14-8-13-18-19(16-9-4-2-5-10-16)15-20(26-21(18)22)17-11-6-3-7-12-17/h2-7,9-12,15H,8,13-14H2,1H3. The third-order valence-corrected chi connectivity index (χ3v) is 6.84. The molecule has 1 aliphatic rings. The van der Waals surface area contributed by atoms with Gasteiger partial charge in [-0.25, -0.2) is 12.8 Å². The van der Waals surface area contributed by atoms with Gasteiger partial charge in [-0.2, -0.15) is 0 Å². The van der Waals surface area contributed by atoms with Crippen molar-refractivity contribution in [3.05, 3.63) is 78.1 Å². The average molecular weight is 380 g/mol. The van der Waals surface area contributed by atoms with Gasteiger partial charge in [0.15, 0.2) is 4.75 Å². The molecule has 0 bridgehead atoms. The molecule has 5 heteroatoms. The summed E-state index contributed by atoms with van der Waals surface area (Å²) in [5.41, 5.74) is 3.56. The van der Waals surface area contributed by atoms with Crippen LogP contribution in [0.1, 0.15) is 31.1 Å². The van der Waals surface area contributed by atoms with Gasteiger partial charge in [-0.1, -0.05) is 48.5 Å². The summed E-state index contributed by atoms with van der Waals surface area (Å²) >= 11 is 0. The molecular formula is C22H20O4S. The second kappa shape index (κ2) is 6.59. The van der Waals surface area contributed by atoms with Crippen LogP contribution >= 0.6 is 0 Å². The number of benzene rings is 2. The summed E-state index contributed by atoms with van der Waals surface area (Å²) in [4.78, 5) is 0. The highest BCUT2D eigenvalue weighted by molar-refractivity contribution is 7.86. The number of fused-ring (bicyclic) bond motifs is 1. The van der Waals surface area contributed by atoms with Crippen LogP contribution in [0.5, 0.6) is 0 Å². The quantitative estimate of drug-likeness (QED) is 0.474. The lowest BCUT2D eigenvalue weighted by Crippen LogP contribution is -2.36. The minimum absolute atomic E-state index is 0.266. The smallest absolute Gasteiger partial charge is 0.360 e. The largest absolute Gasteiger partial charge is 0.747 e. The zero-order valence-corrected chi connectivity index (χ0v) is 15.8. The van der Waals surface area contributed by atoms with Crippen molar-refractivity contribution in [2.45, 2.75) is 30.9 Å². The molecule has 0 amide bonds. The van der Waals surface area contributed by atoms with Crippen molar-refractivity contribution in [1.29, 1.82) is 0 Å². The number of rotatable bonds is 3. The van der Waals surface area contributed by atoms with E-state index in [1.54, 1.807) is 0 Å². The predicted octanol–water partition coefficient (Wildman–Crippen LogP) is 4.99. The molecule has 27 heavy (non-hydrogen) atoms. The monoisotopic (exact) mass is 380 g/mol.